The van der Waals surface area contributed by atoms with Crippen molar-refractivity contribution < 1.29 is 26.3 Å². The molecule has 0 aliphatic heterocycles. The summed E-state index contributed by atoms with van der Waals surface area (Å²) in [6, 6.07) is 6.08. The molecule has 0 bridgehead atoms. The maximum absolute atomic E-state index is 11.7. The van der Waals surface area contributed by atoms with Gasteiger partial charge in [0, 0.05) is 31.5 Å². The molecule has 0 saturated heterocycles. The Hall–Kier alpha value is -0.940. The monoisotopic (exact) mass is 385 g/mol. The van der Waals surface area contributed by atoms with Gasteiger partial charge in [-0.15, -0.1) is 0 Å². The van der Waals surface area contributed by atoms with Crippen molar-refractivity contribution in [2.75, 3.05) is 26.2 Å². The molecule has 1 heterocycles. The predicted molar refractivity (Wildman–Crippen MR) is 90.5 cm³/mol. The van der Waals surface area contributed by atoms with E-state index in [9.17, 15) is 4.79 Å². The molecule has 0 fully saturated rings. The molecule has 1 aromatic rings. The zero-order valence-corrected chi connectivity index (χ0v) is 16.2. The number of aromatic nitrogens is 1. The second kappa shape index (κ2) is 14.6. The maximum Gasteiger partial charge on any atom is 0.219 e. The average molecular weight is 386 g/mol. The number of nitrogens with zero attached hydrogens (tertiary/aromatic N) is 2. The summed E-state index contributed by atoms with van der Waals surface area (Å²) in [5, 5.41) is 3.03. The standard InChI is InChI=1S/C18H31N3O.BrH/c1-3-20(4-2)14-11-7-13-19-18(22)12-6-10-17-21-15-8-5-9-16-21;/h5,8-9,15-16H,3-4,6-7,10-14,17H2,1-2H3;1H. The molecular formula is C18H32BrN3O. The van der Waals surface area contributed by atoms with Gasteiger partial charge in [0.1, 0.15) is 6.54 Å². The molecule has 0 radical (unpaired) electrons. The quantitative estimate of drug-likeness (QED) is 0.384. The Morgan fingerprint density at radius 3 is 2.35 bits per heavy atom. The van der Waals surface area contributed by atoms with Crippen LogP contribution in [0.2, 0.25) is 0 Å². The molecule has 0 aliphatic carbocycles. The van der Waals surface area contributed by atoms with Crippen LogP contribution >= 0.6 is 0 Å². The second-order valence-corrected chi connectivity index (χ2v) is 5.65. The Balaban J connectivity index is 0.00000484. The van der Waals surface area contributed by atoms with Crippen molar-refractivity contribution in [3.05, 3.63) is 30.6 Å². The van der Waals surface area contributed by atoms with E-state index in [1.54, 1.807) is 0 Å². The minimum Gasteiger partial charge on any atom is -1.00 e. The molecule has 1 rings (SSSR count). The van der Waals surface area contributed by atoms with Crippen molar-refractivity contribution in [3.63, 3.8) is 0 Å². The highest BCUT2D eigenvalue weighted by atomic mass is 79.9. The fraction of sp³-hybridized carbons (Fsp3) is 0.667. The highest BCUT2D eigenvalue weighted by molar-refractivity contribution is 5.75. The first-order valence-corrected chi connectivity index (χ1v) is 8.69. The SMILES string of the molecule is CCN(CC)CCCCNC(=O)CCCC[n+]1ccccc1.[Br-]. The van der Waals surface area contributed by atoms with Gasteiger partial charge in [0.25, 0.3) is 0 Å². The van der Waals surface area contributed by atoms with Gasteiger partial charge in [-0.25, -0.2) is 4.57 Å². The molecule has 1 N–H and O–H groups in total. The highest BCUT2D eigenvalue weighted by Gasteiger charge is 2.03. The highest BCUT2D eigenvalue weighted by Crippen LogP contribution is 1.97. The molecule has 0 atom stereocenters. The Morgan fingerprint density at radius 2 is 1.70 bits per heavy atom. The summed E-state index contributed by atoms with van der Waals surface area (Å²) in [5.74, 6) is 0.195. The second-order valence-electron chi connectivity index (χ2n) is 5.65. The van der Waals surface area contributed by atoms with Gasteiger partial charge in [0.05, 0.1) is 0 Å². The van der Waals surface area contributed by atoms with E-state index in [0.29, 0.717) is 6.42 Å². The van der Waals surface area contributed by atoms with Crippen LogP contribution in [-0.4, -0.2) is 37.0 Å². The van der Waals surface area contributed by atoms with Crippen molar-refractivity contribution in [3.8, 4) is 0 Å². The number of halogens is 1. The van der Waals surface area contributed by atoms with Gasteiger partial charge >= 0.3 is 0 Å². The molecule has 0 saturated carbocycles. The summed E-state index contributed by atoms with van der Waals surface area (Å²) in [4.78, 5) is 14.2. The molecule has 1 aromatic heterocycles. The van der Waals surface area contributed by atoms with Gasteiger partial charge in [0.15, 0.2) is 12.4 Å². The summed E-state index contributed by atoms with van der Waals surface area (Å²) in [6.07, 6.45) is 9.00. The number of amides is 1. The normalized spacial score (nSPS) is 10.4. The number of carbonyl (C=O) groups is 1. The fourth-order valence-corrected chi connectivity index (χ4v) is 2.48. The van der Waals surface area contributed by atoms with Crippen LogP contribution in [0.4, 0.5) is 0 Å². The first kappa shape index (κ1) is 22.1. The van der Waals surface area contributed by atoms with Crippen LogP contribution in [0.25, 0.3) is 0 Å². The number of aryl methyl sites for hydroxylation is 1. The lowest BCUT2D eigenvalue weighted by Gasteiger charge is -2.17. The van der Waals surface area contributed by atoms with E-state index in [-0.39, 0.29) is 22.9 Å². The van der Waals surface area contributed by atoms with Crippen molar-refractivity contribution in [1.82, 2.24) is 10.2 Å². The van der Waals surface area contributed by atoms with Crippen molar-refractivity contribution in [1.29, 1.82) is 0 Å². The Bertz CT molecular complexity index is 397. The summed E-state index contributed by atoms with van der Waals surface area (Å²) >= 11 is 0. The first-order valence-electron chi connectivity index (χ1n) is 8.69. The number of hydrogen-bond acceptors (Lipinski definition) is 2. The van der Waals surface area contributed by atoms with Gasteiger partial charge < -0.3 is 27.2 Å². The van der Waals surface area contributed by atoms with Crippen LogP contribution in [0.15, 0.2) is 30.6 Å². The third-order valence-electron chi connectivity index (χ3n) is 3.97. The lowest BCUT2D eigenvalue weighted by Crippen LogP contribution is -3.00. The molecule has 132 valence electrons. The Kier molecular flexibility index (Phi) is 14.0. The minimum atomic E-state index is 0. The molecule has 5 heteroatoms. The van der Waals surface area contributed by atoms with Crippen LogP contribution in [0.1, 0.15) is 46.0 Å². The van der Waals surface area contributed by atoms with Crippen LogP contribution in [0.5, 0.6) is 0 Å². The van der Waals surface area contributed by atoms with E-state index in [1.165, 1.54) is 0 Å². The van der Waals surface area contributed by atoms with Crippen LogP contribution < -0.4 is 26.9 Å². The summed E-state index contributed by atoms with van der Waals surface area (Å²) in [5.41, 5.74) is 0. The molecule has 4 nitrogen and oxygen atoms in total. The van der Waals surface area contributed by atoms with E-state index < -0.39 is 0 Å². The summed E-state index contributed by atoms with van der Waals surface area (Å²) < 4.78 is 2.16. The molecule has 0 aromatic carbocycles. The number of hydrogen-bond donors (Lipinski definition) is 1. The molecule has 23 heavy (non-hydrogen) atoms. The molecular weight excluding hydrogens is 354 g/mol. The summed E-state index contributed by atoms with van der Waals surface area (Å²) in [6.45, 7) is 9.55. The first-order chi connectivity index (χ1) is 10.8. The maximum atomic E-state index is 11.7. The van der Waals surface area contributed by atoms with E-state index in [2.05, 4.69) is 41.0 Å². The van der Waals surface area contributed by atoms with Crippen molar-refractivity contribution in [2.45, 2.75) is 52.5 Å². The smallest absolute Gasteiger partial charge is 0.219 e. The number of unbranched alkanes of at least 4 members (excludes halogenated alkanes) is 2. The van der Waals surface area contributed by atoms with Crippen LogP contribution in [0.3, 0.4) is 0 Å². The van der Waals surface area contributed by atoms with Crippen molar-refractivity contribution >= 4 is 5.91 Å². The third kappa shape index (κ3) is 11.3. The molecule has 0 unspecified atom stereocenters. The average Bonchev–Trinajstić information content (AvgIpc) is 2.56. The Morgan fingerprint density at radius 1 is 1.00 bits per heavy atom. The minimum absolute atomic E-state index is 0. The lowest BCUT2D eigenvalue weighted by atomic mass is 10.2. The fourth-order valence-electron chi connectivity index (χ4n) is 2.48. The zero-order chi connectivity index (χ0) is 16.0. The summed E-state index contributed by atoms with van der Waals surface area (Å²) in [7, 11) is 0. The van der Waals surface area contributed by atoms with Crippen molar-refractivity contribution in [2.24, 2.45) is 0 Å². The van der Waals surface area contributed by atoms with Gasteiger partial charge in [-0.1, -0.05) is 19.9 Å². The van der Waals surface area contributed by atoms with Gasteiger partial charge in [-0.05, 0) is 38.9 Å². The number of nitrogens with one attached hydrogen (secondary N) is 1. The number of carbonyl (C=O) groups excluding carboxylic acids is 1. The molecule has 1 amide bonds. The molecule has 0 spiro atoms. The van der Waals surface area contributed by atoms with Gasteiger partial charge in [0.2, 0.25) is 5.91 Å². The topological polar surface area (TPSA) is 36.2 Å². The lowest BCUT2D eigenvalue weighted by molar-refractivity contribution is -0.697. The predicted octanol–water partition coefficient (Wildman–Crippen LogP) is -0.613. The number of rotatable bonds is 12. The Labute approximate surface area is 152 Å². The van der Waals surface area contributed by atoms with Gasteiger partial charge in [-0.3, -0.25) is 4.79 Å². The van der Waals surface area contributed by atoms with Gasteiger partial charge in [-0.2, -0.15) is 0 Å². The van der Waals surface area contributed by atoms with E-state index in [4.69, 9.17) is 0 Å². The van der Waals surface area contributed by atoms with E-state index in [1.807, 2.05) is 18.2 Å². The zero-order valence-electron chi connectivity index (χ0n) is 14.6. The largest absolute Gasteiger partial charge is 1.00 e. The third-order valence-corrected chi connectivity index (χ3v) is 3.97. The number of pyridine rings is 1. The van der Waals surface area contributed by atoms with Crippen LogP contribution in [0, 0.1) is 0 Å². The van der Waals surface area contributed by atoms with E-state index >= 15 is 0 Å². The molecule has 0 aliphatic rings. The van der Waals surface area contributed by atoms with E-state index in [0.717, 1.165) is 58.4 Å². The van der Waals surface area contributed by atoms with Crippen LogP contribution in [-0.2, 0) is 11.3 Å².